The molecule has 7 nitrogen and oxygen atoms in total. The molecule has 20 heavy (non-hydrogen) atoms. The topological polar surface area (TPSA) is 108 Å². The third-order valence-electron chi connectivity index (χ3n) is 3.72. The lowest BCUT2D eigenvalue weighted by Crippen LogP contribution is -2.34. The van der Waals surface area contributed by atoms with E-state index in [9.17, 15) is 8.42 Å². The Balaban J connectivity index is 2.20. The molecule has 1 saturated carbocycles. The number of amidine groups is 1. The molecule has 0 atom stereocenters. The molecule has 1 rings (SSSR count). The molecule has 0 heterocycles. The van der Waals surface area contributed by atoms with Crippen molar-refractivity contribution in [2.24, 2.45) is 16.3 Å². The van der Waals surface area contributed by atoms with E-state index in [4.69, 9.17) is 10.9 Å². The number of hydrogen-bond donors (Lipinski definition) is 3. The van der Waals surface area contributed by atoms with Crippen LogP contribution in [-0.2, 0) is 10.0 Å². The molecule has 0 amide bonds. The quantitative estimate of drug-likeness (QED) is 0.175. The van der Waals surface area contributed by atoms with E-state index >= 15 is 0 Å². The van der Waals surface area contributed by atoms with Crippen molar-refractivity contribution in [3.8, 4) is 0 Å². The Morgan fingerprint density at radius 1 is 1.50 bits per heavy atom. The minimum atomic E-state index is -3.09. The molecule has 0 saturated heterocycles. The van der Waals surface area contributed by atoms with E-state index in [1.807, 2.05) is 6.92 Å². The monoisotopic (exact) mass is 306 g/mol. The van der Waals surface area contributed by atoms with Gasteiger partial charge in [0.15, 0.2) is 0 Å². The summed E-state index contributed by atoms with van der Waals surface area (Å²) in [7, 11) is -3.09. The minimum absolute atomic E-state index is 0.136. The number of nitrogens with one attached hydrogen (secondary N) is 1. The van der Waals surface area contributed by atoms with Gasteiger partial charge in [0.05, 0.1) is 6.26 Å². The van der Waals surface area contributed by atoms with Gasteiger partial charge in [0.25, 0.3) is 0 Å². The van der Waals surface area contributed by atoms with Gasteiger partial charge < -0.3 is 16.3 Å². The van der Waals surface area contributed by atoms with Crippen LogP contribution in [0.5, 0.6) is 0 Å². The number of rotatable bonds is 10. The Hall–Kier alpha value is -0.860. The summed E-state index contributed by atoms with van der Waals surface area (Å²) < 4.78 is 24.3. The SMILES string of the molecule is CCN(CCCNCC1(CC(N)=NO)CC1)S(C)(=O)=O. The Labute approximate surface area is 121 Å². The fourth-order valence-corrected chi connectivity index (χ4v) is 3.23. The molecular formula is C12H26N4O3S. The largest absolute Gasteiger partial charge is 0.409 e. The predicted octanol–water partition coefficient (Wildman–Crippen LogP) is 0.164. The van der Waals surface area contributed by atoms with Gasteiger partial charge in [-0.2, -0.15) is 0 Å². The van der Waals surface area contributed by atoms with E-state index < -0.39 is 10.0 Å². The molecule has 0 unspecified atom stereocenters. The molecule has 0 spiro atoms. The zero-order valence-corrected chi connectivity index (χ0v) is 13.1. The zero-order valence-electron chi connectivity index (χ0n) is 12.3. The lowest BCUT2D eigenvalue weighted by Gasteiger charge is -2.19. The van der Waals surface area contributed by atoms with Crippen molar-refractivity contribution in [2.75, 3.05) is 32.4 Å². The van der Waals surface area contributed by atoms with Crippen molar-refractivity contribution in [3.05, 3.63) is 0 Å². The molecule has 0 aromatic carbocycles. The number of sulfonamides is 1. The molecule has 1 aliphatic carbocycles. The summed E-state index contributed by atoms with van der Waals surface area (Å²) in [4.78, 5) is 0. The van der Waals surface area contributed by atoms with E-state index in [1.54, 1.807) is 0 Å². The summed E-state index contributed by atoms with van der Waals surface area (Å²) in [6, 6.07) is 0. The standard InChI is InChI=1S/C12H26N4O3S/c1-3-16(20(2,18)19)8-4-7-14-10-12(5-6-12)9-11(13)15-17/h14,17H,3-10H2,1-2H3,(H2,13,15). The number of nitrogens with two attached hydrogens (primary N) is 1. The van der Waals surface area contributed by atoms with Crippen LogP contribution in [0.4, 0.5) is 0 Å². The van der Waals surface area contributed by atoms with Gasteiger partial charge in [0, 0.05) is 26.1 Å². The first-order valence-corrected chi connectivity index (χ1v) is 8.80. The zero-order chi connectivity index (χ0) is 15.2. The molecule has 0 bridgehead atoms. The van der Waals surface area contributed by atoms with Crippen LogP contribution in [0.15, 0.2) is 5.16 Å². The maximum absolute atomic E-state index is 11.4. The van der Waals surface area contributed by atoms with Crippen molar-refractivity contribution in [1.82, 2.24) is 9.62 Å². The Kier molecular flexibility index (Phi) is 6.22. The molecule has 0 aromatic heterocycles. The first-order valence-electron chi connectivity index (χ1n) is 6.95. The molecule has 8 heteroatoms. The minimum Gasteiger partial charge on any atom is -0.409 e. The number of oxime groups is 1. The average molecular weight is 306 g/mol. The first-order chi connectivity index (χ1) is 9.33. The highest BCUT2D eigenvalue weighted by atomic mass is 32.2. The Morgan fingerprint density at radius 3 is 2.60 bits per heavy atom. The second-order valence-corrected chi connectivity index (χ2v) is 7.54. The summed E-state index contributed by atoms with van der Waals surface area (Å²) >= 11 is 0. The van der Waals surface area contributed by atoms with Crippen LogP contribution >= 0.6 is 0 Å². The van der Waals surface area contributed by atoms with E-state index in [2.05, 4.69) is 10.5 Å². The van der Waals surface area contributed by atoms with E-state index in [1.165, 1.54) is 10.6 Å². The number of nitrogens with zero attached hydrogens (tertiary/aromatic N) is 2. The maximum Gasteiger partial charge on any atom is 0.211 e. The fraction of sp³-hybridized carbons (Fsp3) is 0.917. The van der Waals surface area contributed by atoms with Gasteiger partial charge in [-0.05, 0) is 31.2 Å². The number of hydrogen-bond acceptors (Lipinski definition) is 5. The molecule has 1 fully saturated rings. The molecule has 0 aliphatic heterocycles. The lowest BCUT2D eigenvalue weighted by molar-refractivity contribution is 0.314. The molecule has 4 N–H and O–H groups in total. The van der Waals surface area contributed by atoms with Gasteiger partial charge >= 0.3 is 0 Å². The van der Waals surface area contributed by atoms with Crippen molar-refractivity contribution >= 4 is 15.9 Å². The summed E-state index contributed by atoms with van der Waals surface area (Å²) in [5, 5.41) is 14.9. The summed E-state index contributed by atoms with van der Waals surface area (Å²) in [6.45, 7) is 4.48. The smallest absolute Gasteiger partial charge is 0.211 e. The van der Waals surface area contributed by atoms with Crippen LogP contribution in [0.3, 0.4) is 0 Å². The average Bonchev–Trinajstić information content (AvgIpc) is 3.12. The maximum atomic E-state index is 11.4. The third-order valence-corrected chi connectivity index (χ3v) is 5.10. The van der Waals surface area contributed by atoms with Crippen molar-refractivity contribution in [3.63, 3.8) is 0 Å². The van der Waals surface area contributed by atoms with Gasteiger partial charge in [0.1, 0.15) is 5.84 Å². The summed E-state index contributed by atoms with van der Waals surface area (Å²) in [5.41, 5.74) is 5.67. The van der Waals surface area contributed by atoms with Gasteiger partial charge in [0.2, 0.25) is 10.0 Å². The van der Waals surface area contributed by atoms with Gasteiger partial charge in [-0.15, -0.1) is 0 Å². The Morgan fingerprint density at radius 2 is 2.15 bits per heavy atom. The van der Waals surface area contributed by atoms with Crippen LogP contribution in [0, 0.1) is 5.41 Å². The van der Waals surface area contributed by atoms with Crippen LogP contribution in [0.25, 0.3) is 0 Å². The molecule has 0 aromatic rings. The van der Waals surface area contributed by atoms with Crippen molar-refractivity contribution in [1.29, 1.82) is 0 Å². The van der Waals surface area contributed by atoms with Crippen LogP contribution in [-0.4, -0.2) is 56.2 Å². The fourth-order valence-electron chi connectivity index (χ4n) is 2.30. The second-order valence-electron chi connectivity index (χ2n) is 5.55. The van der Waals surface area contributed by atoms with Gasteiger partial charge in [-0.3, -0.25) is 0 Å². The Bertz CT molecular complexity index is 432. The van der Waals surface area contributed by atoms with Crippen LogP contribution < -0.4 is 11.1 Å². The van der Waals surface area contributed by atoms with Gasteiger partial charge in [-0.1, -0.05) is 12.1 Å². The van der Waals surface area contributed by atoms with E-state index in [0.717, 1.165) is 32.4 Å². The summed E-state index contributed by atoms with van der Waals surface area (Å²) in [5.74, 6) is 0.276. The normalized spacial score (nSPS) is 18.4. The highest BCUT2D eigenvalue weighted by Gasteiger charge is 2.42. The van der Waals surface area contributed by atoms with Crippen molar-refractivity contribution < 1.29 is 13.6 Å². The molecule has 1 aliphatic rings. The van der Waals surface area contributed by atoms with Crippen molar-refractivity contribution in [2.45, 2.75) is 32.6 Å². The third kappa shape index (κ3) is 5.64. The van der Waals surface area contributed by atoms with E-state index in [0.29, 0.717) is 19.5 Å². The van der Waals surface area contributed by atoms with Gasteiger partial charge in [-0.25, -0.2) is 12.7 Å². The van der Waals surface area contributed by atoms with Crippen LogP contribution in [0.1, 0.15) is 32.6 Å². The molecule has 118 valence electrons. The highest BCUT2D eigenvalue weighted by molar-refractivity contribution is 7.88. The lowest BCUT2D eigenvalue weighted by atomic mass is 10.0. The second kappa shape index (κ2) is 7.24. The first kappa shape index (κ1) is 17.2. The van der Waals surface area contributed by atoms with E-state index in [-0.39, 0.29) is 11.3 Å². The predicted molar refractivity (Wildman–Crippen MR) is 79.3 cm³/mol. The molecular weight excluding hydrogens is 280 g/mol. The van der Waals surface area contributed by atoms with Crippen LogP contribution in [0.2, 0.25) is 0 Å². The highest BCUT2D eigenvalue weighted by Crippen LogP contribution is 2.48. The summed E-state index contributed by atoms with van der Waals surface area (Å²) in [6.07, 6.45) is 4.79. The molecule has 0 radical (unpaired) electrons.